The minimum atomic E-state index is 0.450. The van der Waals surface area contributed by atoms with Gasteiger partial charge in [0, 0.05) is 52.8 Å². The van der Waals surface area contributed by atoms with Crippen molar-refractivity contribution >= 4 is 64.4 Å². The standard InChI is InChI=1S/C10H8Cl2INS/c1-6-4-9(12)8(5-11)7-2-3-14(15-13)10(6)7/h2-4H,5H2,1H3. The number of fused-ring (bicyclic) bond motifs is 1. The summed E-state index contributed by atoms with van der Waals surface area (Å²) in [5.41, 5.74) is 3.40. The zero-order valence-electron chi connectivity index (χ0n) is 7.93. The zero-order valence-corrected chi connectivity index (χ0v) is 12.4. The number of hydrogen-bond acceptors (Lipinski definition) is 1. The van der Waals surface area contributed by atoms with Gasteiger partial charge in [-0.25, -0.2) is 0 Å². The molecule has 0 saturated carbocycles. The highest BCUT2D eigenvalue weighted by Crippen LogP contribution is 2.34. The minimum Gasteiger partial charge on any atom is -0.282 e. The molecule has 2 rings (SSSR count). The largest absolute Gasteiger partial charge is 0.282 e. The van der Waals surface area contributed by atoms with Crippen LogP contribution < -0.4 is 0 Å². The van der Waals surface area contributed by atoms with E-state index in [1.165, 1.54) is 11.1 Å². The molecule has 0 aliphatic heterocycles. The highest BCUT2D eigenvalue weighted by atomic mass is 127. The van der Waals surface area contributed by atoms with Crippen molar-refractivity contribution in [1.82, 2.24) is 3.97 Å². The molecular formula is C10H8Cl2INS. The van der Waals surface area contributed by atoms with Crippen molar-refractivity contribution in [1.29, 1.82) is 0 Å². The van der Waals surface area contributed by atoms with Crippen molar-refractivity contribution < 1.29 is 0 Å². The monoisotopic (exact) mass is 371 g/mol. The fraction of sp³-hybridized carbons (Fsp3) is 0.200. The molecule has 2 aromatic rings. The second kappa shape index (κ2) is 4.73. The molecule has 0 N–H and O–H groups in total. The normalized spacial score (nSPS) is 11.2. The van der Waals surface area contributed by atoms with E-state index in [9.17, 15) is 0 Å². The summed E-state index contributed by atoms with van der Waals surface area (Å²) in [6.07, 6.45) is 2.04. The molecule has 0 amide bonds. The quantitative estimate of drug-likeness (QED) is 0.519. The van der Waals surface area contributed by atoms with E-state index < -0.39 is 0 Å². The second-order valence-electron chi connectivity index (χ2n) is 3.26. The molecule has 1 nitrogen and oxygen atoms in total. The van der Waals surface area contributed by atoms with Crippen LogP contribution in [-0.2, 0) is 5.88 Å². The topological polar surface area (TPSA) is 4.93 Å². The van der Waals surface area contributed by atoms with Gasteiger partial charge in [-0.15, -0.1) is 11.6 Å². The average Bonchev–Trinajstić information content (AvgIpc) is 2.62. The van der Waals surface area contributed by atoms with E-state index >= 15 is 0 Å². The summed E-state index contributed by atoms with van der Waals surface area (Å²) in [5.74, 6) is 0.450. The first-order chi connectivity index (χ1) is 7.19. The highest BCUT2D eigenvalue weighted by Gasteiger charge is 2.11. The molecule has 0 fully saturated rings. The van der Waals surface area contributed by atoms with Crippen molar-refractivity contribution in [3.05, 3.63) is 34.5 Å². The van der Waals surface area contributed by atoms with Crippen LogP contribution in [0.2, 0.25) is 5.02 Å². The van der Waals surface area contributed by atoms with Crippen molar-refractivity contribution in [2.45, 2.75) is 12.8 Å². The van der Waals surface area contributed by atoms with Gasteiger partial charge < -0.3 is 0 Å². The van der Waals surface area contributed by atoms with Crippen LogP contribution in [0.3, 0.4) is 0 Å². The molecule has 0 aliphatic carbocycles. The van der Waals surface area contributed by atoms with Gasteiger partial charge in [0.2, 0.25) is 0 Å². The number of hydrogen-bond donors (Lipinski definition) is 0. The molecule has 1 aromatic heterocycles. The van der Waals surface area contributed by atoms with Crippen LogP contribution in [0.5, 0.6) is 0 Å². The van der Waals surface area contributed by atoms with Gasteiger partial charge in [0.15, 0.2) is 0 Å². The molecule has 15 heavy (non-hydrogen) atoms. The predicted octanol–water partition coefficient (Wildman–Crippen LogP) is 5.19. The first-order valence-corrected chi connectivity index (χ1v) is 8.56. The Bertz CT molecular complexity index is 510. The summed E-state index contributed by atoms with van der Waals surface area (Å²) in [6.45, 7) is 2.07. The van der Waals surface area contributed by atoms with E-state index in [1.807, 2.05) is 12.3 Å². The maximum absolute atomic E-state index is 6.16. The summed E-state index contributed by atoms with van der Waals surface area (Å²) in [6, 6.07) is 4.04. The summed E-state index contributed by atoms with van der Waals surface area (Å²) in [5, 5.41) is 1.91. The second-order valence-corrected chi connectivity index (χ2v) is 5.65. The summed E-state index contributed by atoms with van der Waals surface area (Å²) in [4.78, 5) is 0. The van der Waals surface area contributed by atoms with Gasteiger partial charge in [-0.05, 0) is 30.2 Å². The Morgan fingerprint density at radius 2 is 2.27 bits per heavy atom. The molecule has 0 radical (unpaired) electrons. The summed E-state index contributed by atoms with van der Waals surface area (Å²) >= 11 is 14.3. The smallest absolute Gasteiger partial charge is 0.0631 e. The molecule has 0 aliphatic rings. The predicted molar refractivity (Wildman–Crippen MR) is 78.3 cm³/mol. The number of benzene rings is 1. The van der Waals surface area contributed by atoms with Crippen molar-refractivity contribution in [2.75, 3.05) is 0 Å². The van der Waals surface area contributed by atoms with Crippen LogP contribution in [0, 0.1) is 6.92 Å². The Balaban J connectivity index is 2.86. The van der Waals surface area contributed by atoms with Crippen LogP contribution in [0.1, 0.15) is 11.1 Å². The molecule has 0 atom stereocenters. The molecular weight excluding hydrogens is 364 g/mol. The van der Waals surface area contributed by atoms with E-state index in [2.05, 4.69) is 38.2 Å². The lowest BCUT2D eigenvalue weighted by atomic mass is 10.1. The Kier molecular flexibility index (Phi) is 3.75. The minimum absolute atomic E-state index is 0.450. The molecule has 0 bridgehead atoms. The van der Waals surface area contributed by atoms with Gasteiger partial charge in [-0.1, -0.05) is 11.6 Å². The molecule has 0 unspecified atom stereocenters. The van der Waals surface area contributed by atoms with E-state index in [4.69, 9.17) is 23.2 Å². The third-order valence-electron chi connectivity index (χ3n) is 2.39. The first kappa shape index (κ1) is 11.9. The zero-order chi connectivity index (χ0) is 11.0. The number of alkyl halides is 1. The van der Waals surface area contributed by atoms with Gasteiger partial charge >= 0.3 is 0 Å². The number of nitrogens with zero attached hydrogens (tertiary/aromatic N) is 1. The lowest BCUT2D eigenvalue weighted by molar-refractivity contribution is 1.32. The third kappa shape index (κ3) is 1.99. The molecule has 80 valence electrons. The van der Waals surface area contributed by atoms with E-state index in [0.717, 1.165) is 16.0 Å². The number of halogens is 3. The average molecular weight is 372 g/mol. The van der Waals surface area contributed by atoms with Crippen LogP contribution in [0.25, 0.3) is 10.9 Å². The van der Waals surface area contributed by atoms with Crippen molar-refractivity contribution in [3.63, 3.8) is 0 Å². The van der Waals surface area contributed by atoms with Gasteiger partial charge in [0.25, 0.3) is 0 Å². The van der Waals surface area contributed by atoms with Gasteiger partial charge in [-0.2, -0.15) is 0 Å². The lowest BCUT2D eigenvalue weighted by Crippen LogP contribution is -1.89. The van der Waals surface area contributed by atoms with Crippen LogP contribution in [-0.4, -0.2) is 3.97 Å². The third-order valence-corrected chi connectivity index (χ3v) is 4.72. The van der Waals surface area contributed by atoms with Crippen LogP contribution in [0.4, 0.5) is 0 Å². The lowest BCUT2D eigenvalue weighted by Gasteiger charge is -2.07. The number of aryl methyl sites for hydroxylation is 1. The molecule has 0 saturated heterocycles. The highest BCUT2D eigenvalue weighted by molar-refractivity contribution is 14.2. The van der Waals surface area contributed by atoms with Crippen molar-refractivity contribution in [3.8, 4) is 0 Å². The van der Waals surface area contributed by atoms with Gasteiger partial charge in [0.05, 0.1) is 5.52 Å². The van der Waals surface area contributed by atoms with Crippen LogP contribution >= 0.6 is 53.5 Å². The molecule has 5 heteroatoms. The Morgan fingerprint density at radius 3 is 2.87 bits per heavy atom. The number of aromatic nitrogens is 1. The maximum atomic E-state index is 6.16. The van der Waals surface area contributed by atoms with Crippen molar-refractivity contribution in [2.24, 2.45) is 0 Å². The first-order valence-electron chi connectivity index (χ1n) is 4.33. The fourth-order valence-corrected chi connectivity index (χ4v) is 3.80. The molecule has 1 heterocycles. The Hall–Kier alpha value is 0.420. The molecule has 1 aromatic carbocycles. The Labute approximate surface area is 115 Å². The van der Waals surface area contributed by atoms with E-state index in [-0.39, 0.29) is 0 Å². The Morgan fingerprint density at radius 1 is 1.53 bits per heavy atom. The maximum Gasteiger partial charge on any atom is 0.0631 e. The SMILES string of the molecule is Cc1cc(Cl)c(CCl)c2ccn(SI)c12. The number of rotatable bonds is 2. The fourth-order valence-electron chi connectivity index (χ4n) is 1.71. The van der Waals surface area contributed by atoms with E-state index in [1.54, 1.807) is 9.12 Å². The van der Waals surface area contributed by atoms with Gasteiger partial charge in [-0.3, -0.25) is 3.97 Å². The summed E-state index contributed by atoms with van der Waals surface area (Å²) in [7, 11) is 1.64. The van der Waals surface area contributed by atoms with E-state index in [0.29, 0.717) is 5.88 Å². The van der Waals surface area contributed by atoms with Gasteiger partial charge in [0.1, 0.15) is 0 Å². The van der Waals surface area contributed by atoms with Crippen LogP contribution in [0.15, 0.2) is 18.3 Å². The summed E-state index contributed by atoms with van der Waals surface area (Å²) < 4.78 is 2.12. The molecule has 0 spiro atoms.